The van der Waals surface area contributed by atoms with E-state index in [1.807, 2.05) is 67.8 Å². The lowest BCUT2D eigenvalue weighted by Gasteiger charge is -2.16. The molecule has 1 amide bonds. The van der Waals surface area contributed by atoms with E-state index < -0.39 is 0 Å². The third kappa shape index (κ3) is 5.70. The first-order valence-electron chi connectivity index (χ1n) is 10.3. The van der Waals surface area contributed by atoms with Crippen molar-refractivity contribution < 1.29 is 14.3 Å². The number of rotatable bonds is 10. The van der Waals surface area contributed by atoms with Gasteiger partial charge in [0.2, 0.25) is 5.91 Å². The van der Waals surface area contributed by atoms with Crippen LogP contribution in [0.25, 0.3) is 0 Å². The Kier molecular flexibility index (Phi) is 7.94. The second-order valence-electron chi connectivity index (χ2n) is 7.26. The number of carbonyl (C=O) groups is 1. The summed E-state index contributed by atoms with van der Waals surface area (Å²) in [6, 6.07) is 13.3. The van der Waals surface area contributed by atoms with Crippen LogP contribution >= 0.6 is 11.8 Å². The van der Waals surface area contributed by atoms with Crippen molar-refractivity contribution in [3.63, 3.8) is 0 Å². The summed E-state index contributed by atoms with van der Waals surface area (Å²) in [4.78, 5) is 12.5. The molecule has 3 aromatic rings. The highest BCUT2D eigenvalue weighted by Crippen LogP contribution is 2.27. The molecular formula is C24H28N4O3S. The Morgan fingerprint density at radius 2 is 1.97 bits per heavy atom. The molecule has 168 valence electrons. The zero-order chi connectivity index (χ0) is 23.1. The van der Waals surface area contributed by atoms with Gasteiger partial charge in [-0.2, -0.15) is 0 Å². The molecule has 7 nitrogen and oxygen atoms in total. The molecule has 0 aliphatic heterocycles. The van der Waals surface area contributed by atoms with Crippen LogP contribution in [0.2, 0.25) is 0 Å². The van der Waals surface area contributed by atoms with E-state index in [1.54, 1.807) is 13.2 Å². The molecule has 3 rings (SSSR count). The third-order valence-electron chi connectivity index (χ3n) is 4.99. The summed E-state index contributed by atoms with van der Waals surface area (Å²) >= 11 is 1.33. The van der Waals surface area contributed by atoms with E-state index in [2.05, 4.69) is 22.1 Å². The van der Waals surface area contributed by atoms with Gasteiger partial charge in [0, 0.05) is 18.3 Å². The van der Waals surface area contributed by atoms with Crippen LogP contribution in [-0.4, -0.2) is 33.5 Å². The second-order valence-corrected chi connectivity index (χ2v) is 8.21. The van der Waals surface area contributed by atoms with Crippen LogP contribution < -0.4 is 14.8 Å². The first-order valence-corrected chi connectivity index (χ1v) is 11.2. The van der Waals surface area contributed by atoms with E-state index >= 15 is 0 Å². The molecule has 8 heteroatoms. The van der Waals surface area contributed by atoms with E-state index in [-0.39, 0.29) is 17.8 Å². The number of ether oxygens (including phenoxy) is 2. The van der Waals surface area contributed by atoms with Gasteiger partial charge in [0.15, 0.2) is 17.1 Å². The molecule has 1 aromatic heterocycles. The number of carbonyl (C=O) groups excluding carboxylic acids is 1. The predicted molar refractivity (Wildman–Crippen MR) is 128 cm³/mol. The molecule has 0 saturated heterocycles. The topological polar surface area (TPSA) is 78.3 Å². The third-order valence-corrected chi connectivity index (χ3v) is 5.95. The van der Waals surface area contributed by atoms with Gasteiger partial charge in [-0.15, -0.1) is 16.8 Å². The fraction of sp³-hybridized carbons (Fsp3) is 0.292. The fourth-order valence-corrected chi connectivity index (χ4v) is 3.90. The number of anilines is 1. The van der Waals surface area contributed by atoms with Gasteiger partial charge in [0.1, 0.15) is 11.5 Å². The Balaban J connectivity index is 1.69. The van der Waals surface area contributed by atoms with Crippen molar-refractivity contribution in [2.75, 3.05) is 18.2 Å². The van der Waals surface area contributed by atoms with Crippen LogP contribution in [0.1, 0.15) is 30.0 Å². The number of benzene rings is 2. The highest BCUT2D eigenvalue weighted by Gasteiger charge is 2.20. The normalized spacial score (nSPS) is 11.6. The van der Waals surface area contributed by atoms with Crippen LogP contribution in [-0.2, 0) is 11.3 Å². The number of allylic oxidation sites excluding steroid dienone is 1. The molecule has 1 unspecified atom stereocenters. The van der Waals surface area contributed by atoms with E-state index in [4.69, 9.17) is 9.47 Å². The van der Waals surface area contributed by atoms with Crippen molar-refractivity contribution in [3.8, 4) is 11.5 Å². The highest BCUT2D eigenvalue weighted by molar-refractivity contribution is 7.99. The van der Waals surface area contributed by atoms with Crippen molar-refractivity contribution in [2.24, 2.45) is 0 Å². The van der Waals surface area contributed by atoms with Gasteiger partial charge in [-0.1, -0.05) is 36.0 Å². The average Bonchev–Trinajstić information content (AvgIpc) is 3.18. The summed E-state index contributed by atoms with van der Waals surface area (Å²) in [6.45, 7) is 10.3. The van der Waals surface area contributed by atoms with Gasteiger partial charge in [0.05, 0.1) is 12.9 Å². The fourth-order valence-electron chi connectivity index (χ4n) is 3.14. The van der Waals surface area contributed by atoms with Gasteiger partial charge in [-0.25, -0.2) is 0 Å². The predicted octanol–water partition coefficient (Wildman–Crippen LogP) is 4.96. The highest BCUT2D eigenvalue weighted by atomic mass is 32.2. The van der Waals surface area contributed by atoms with Crippen molar-refractivity contribution >= 4 is 23.4 Å². The smallest absolute Gasteiger partial charge is 0.234 e. The number of nitrogens with one attached hydrogen (secondary N) is 1. The number of aryl methyl sites for hydroxylation is 1. The quantitative estimate of drug-likeness (QED) is 0.346. The molecule has 0 spiro atoms. The van der Waals surface area contributed by atoms with Crippen LogP contribution in [0.3, 0.4) is 0 Å². The van der Waals surface area contributed by atoms with Crippen LogP contribution in [0.4, 0.5) is 5.69 Å². The largest absolute Gasteiger partial charge is 0.497 e. The van der Waals surface area contributed by atoms with Gasteiger partial charge < -0.3 is 14.8 Å². The van der Waals surface area contributed by atoms with Crippen LogP contribution in [0.15, 0.2) is 60.3 Å². The maximum Gasteiger partial charge on any atom is 0.234 e. The van der Waals surface area contributed by atoms with Crippen LogP contribution in [0, 0.1) is 13.8 Å². The summed E-state index contributed by atoms with van der Waals surface area (Å²) in [6.07, 6.45) is 1.42. The Bertz CT molecular complexity index is 1100. The van der Waals surface area contributed by atoms with Crippen molar-refractivity contribution in [2.45, 2.75) is 38.6 Å². The molecule has 1 heterocycles. The Hall–Kier alpha value is -3.26. The van der Waals surface area contributed by atoms with Gasteiger partial charge >= 0.3 is 0 Å². The average molecular weight is 453 g/mol. The summed E-state index contributed by atoms with van der Waals surface area (Å²) in [5.41, 5.74) is 3.02. The molecule has 0 radical (unpaired) electrons. The lowest BCUT2D eigenvalue weighted by molar-refractivity contribution is -0.113. The van der Waals surface area contributed by atoms with Gasteiger partial charge in [0.25, 0.3) is 0 Å². The Morgan fingerprint density at radius 1 is 1.22 bits per heavy atom. The van der Waals surface area contributed by atoms with Crippen molar-refractivity contribution in [1.82, 2.24) is 14.8 Å². The monoisotopic (exact) mass is 452 g/mol. The number of thioether (sulfide) groups is 1. The van der Waals surface area contributed by atoms with E-state index in [1.165, 1.54) is 11.8 Å². The molecular weight excluding hydrogens is 424 g/mol. The van der Waals surface area contributed by atoms with Gasteiger partial charge in [-0.3, -0.25) is 9.36 Å². The summed E-state index contributed by atoms with van der Waals surface area (Å²) in [7, 11) is 1.61. The molecule has 32 heavy (non-hydrogen) atoms. The molecule has 0 aliphatic carbocycles. The van der Waals surface area contributed by atoms with E-state index in [0.29, 0.717) is 29.0 Å². The first-order chi connectivity index (χ1) is 15.4. The van der Waals surface area contributed by atoms with Crippen LogP contribution in [0.5, 0.6) is 11.5 Å². The lowest BCUT2D eigenvalue weighted by atomic mass is 10.1. The van der Waals surface area contributed by atoms with Crippen molar-refractivity contribution in [3.05, 3.63) is 72.1 Å². The molecule has 1 N–H and O–H groups in total. The second kappa shape index (κ2) is 10.9. The minimum absolute atomic E-state index is 0.0981. The minimum atomic E-state index is -0.354. The maximum absolute atomic E-state index is 12.5. The summed E-state index contributed by atoms with van der Waals surface area (Å²) in [5.74, 6) is 2.16. The molecule has 0 fully saturated rings. The number of methoxy groups -OCH3 is 1. The molecule has 0 saturated carbocycles. The number of aromatic nitrogens is 3. The number of hydrogen-bond acceptors (Lipinski definition) is 6. The minimum Gasteiger partial charge on any atom is -0.497 e. The number of nitrogens with zero attached hydrogens (tertiary/aromatic N) is 3. The number of hydrogen-bond donors (Lipinski definition) is 1. The SMILES string of the molecule is C=CCn1c(SCC(=O)Nc2cccc(C)c2C)nnc1C(C)Oc1cccc(OC)c1. The summed E-state index contributed by atoms with van der Waals surface area (Å²) < 4.78 is 13.2. The zero-order valence-corrected chi connectivity index (χ0v) is 19.6. The lowest BCUT2D eigenvalue weighted by Crippen LogP contribution is -2.16. The Morgan fingerprint density at radius 3 is 2.72 bits per heavy atom. The summed E-state index contributed by atoms with van der Waals surface area (Å²) in [5, 5.41) is 12.2. The molecule has 2 aromatic carbocycles. The van der Waals surface area contributed by atoms with Crippen molar-refractivity contribution in [1.29, 1.82) is 0 Å². The molecule has 0 bridgehead atoms. The zero-order valence-electron chi connectivity index (χ0n) is 18.8. The molecule has 1 atom stereocenters. The Labute approximate surface area is 192 Å². The maximum atomic E-state index is 12.5. The standard InChI is InChI=1S/C24H28N4O3S/c1-6-13-28-23(18(4)31-20-11-8-10-19(14-20)30-5)26-27-24(28)32-15-22(29)25-21-12-7-9-16(2)17(21)3/h6-12,14,18H,1,13,15H2,2-5H3,(H,25,29). The van der Waals surface area contributed by atoms with E-state index in [9.17, 15) is 4.79 Å². The van der Waals surface area contributed by atoms with Gasteiger partial charge in [-0.05, 0) is 50.1 Å². The first kappa shape index (κ1) is 23.4. The number of amides is 1. The molecule has 0 aliphatic rings. The van der Waals surface area contributed by atoms with E-state index in [0.717, 1.165) is 16.8 Å².